The molecule has 2 N–H and O–H groups in total. The van der Waals surface area contributed by atoms with Gasteiger partial charge in [-0.25, -0.2) is 0 Å². The molecule has 1 aromatic rings. The minimum Gasteiger partial charge on any atom is -0.502 e. The molecule has 0 heterocycles. The lowest BCUT2D eigenvalue weighted by Gasteiger charge is -2.00. The summed E-state index contributed by atoms with van der Waals surface area (Å²) in [5.74, 6) is -0.576. The van der Waals surface area contributed by atoms with Gasteiger partial charge in [0.2, 0.25) is 5.75 Å². The molecule has 0 aliphatic heterocycles. The molecule has 6 heteroatoms. The Hall–Kier alpha value is -1.62. The van der Waals surface area contributed by atoms with E-state index in [0.29, 0.717) is 0 Å². The van der Waals surface area contributed by atoms with Gasteiger partial charge in [-0.15, -0.1) is 0 Å². The van der Waals surface area contributed by atoms with Gasteiger partial charge in [0, 0.05) is 6.07 Å². The van der Waals surface area contributed by atoms with E-state index in [0.717, 1.165) is 6.07 Å². The number of benzene rings is 1. The molecule has 1 aromatic carbocycles. The number of hydrogen-bond acceptors (Lipinski definition) is 4. The van der Waals surface area contributed by atoms with Crippen molar-refractivity contribution in [1.29, 1.82) is 5.41 Å². The molecule has 13 heavy (non-hydrogen) atoms. The number of nitrogens with one attached hydrogen (secondary N) is 1. The maximum atomic E-state index is 10.3. The molecular formula is C7H5ClN2O3. The number of phenolic OH excluding ortho intramolecular Hbond substituents is 1. The largest absolute Gasteiger partial charge is 0.502 e. The van der Waals surface area contributed by atoms with Crippen LogP contribution in [0, 0.1) is 15.5 Å². The number of halogens is 1. The Labute approximate surface area is 78.2 Å². The predicted octanol–water partition coefficient (Wildman–Crippen LogP) is 1.86. The van der Waals surface area contributed by atoms with Crippen molar-refractivity contribution in [3.05, 3.63) is 33.9 Å². The fourth-order valence-electron chi connectivity index (χ4n) is 0.856. The fraction of sp³-hybridized carbons (Fsp3) is 0. The van der Waals surface area contributed by atoms with Gasteiger partial charge in [0.25, 0.3) is 0 Å². The third-order valence-corrected chi connectivity index (χ3v) is 1.65. The fourth-order valence-corrected chi connectivity index (χ4v) is 1.01. The van der Waals surface area contributed by atoms with Gasteiger partial charge in [0.1, 0.15) is 5.17 Å². The van der Waals surface area contributed by atoms with Crippen molar-refractivity contribution in [2.45, 2.75) is 0 Å². The number of nitro groups is 1. The molecule has 0 aromatic heterocycles. The molecule has 0 saturated carbocycles. The number of phenols is 1. The Morgan fingerprint density at radius 3 is 2.69 bits per heavy atom. The van der Waals surface area contributed by atoms with Gasteiger partial charge >= 0.3 is 5.69 Å². The zero-order valence-electron chi connectivity index (χ0n) is 6.32. The highest BCUT2D eigenvalue weighted by Gasteiger charge is 2.17. The molecule has 0 spiro atoms. The van der Waals surface area contributed by atoms with E-state index in [9.17, 15) is 15.2 Å². The number of rotatable bonds is 2. The lowest BCUT2D eigenvalue weighted by atomic mass is 10.2. The Balaban J connectivity index is 3.35. The van der Waals surface area contributed by atoms with Crippen molar-refractivity contribution in [1.82, 2.24) is 0 Å². The van der Waals surface area contributed by atoms with Crippen LogP contribution >= 0.6 is 11.6 Å². The molecule has 0 unspecified atom stereocenters. The third-order valence-electron chi connectivity index (χ3n) is 1.45. The first-order chi connectivity index (χ1) is 6.04. The van der Waals surface area contributed by atoms with E-state index < -0.39 is 21.5 Å². The van der Waals surface area contributed by atoms with Crippen LogP contribution in [-0.2, 0) is 0 Å². The molecule has 0 fully saturated rings. The van der Waals surface area contributed by atoms with Gasteiger partial charge in [-0.1, -0.05) is 17.7 Å². The van der Waals surface area contributed by atoms with E-state index in [2.05, 4.69) is 0 Å². The van der Waals surface area contributed by atoms with Crippen molar-refractivity contribution in [2.75, 3.05) is 0 Å². The Morgan fingerprint density at radius 2 is 2.23 bits per heavy atom. The summed E-state index contributed by atoms with van der Waals surface area (Å²) in [4.78, 5) is 9.59. The average molecular weight is 201 g/mol. The van der Waals surface area contributed by atoms with E-state index >= 15 is 0 Å². The molecule has 0 amide bonds. The second-order valence-corrected chi connectivity index (χ2v) is 2.62. The number of hydrogen-bond donors (Lipinski definition) is 2. The summed E-state index contributed by atoms with van der Waals surface area (Å²) in [6.45, 7) is 0. The van der Waals surface area contributed by atoms with Gasteiger partial charge < -0.3 is 5.11 Å². The Morgan fingerprint density at radius 1 is 1.62 bits per heavy atom. The number of nitrogens with zero attached hydrogens (tertiary/aromatic N) is 1. The van der Waals surface area contributed by atoms with Crippen LogP contribution < -0.4 is 0 Å². The quantitative estimate of drug-likeness (QED) is 0.434. The van der Waals surface area contributed by atoms with Crippen molar-refractivity contribution in [3.8, 4) is 5.75 Å². The van der Waals surface area contributed by atoms with Gasteiger partial charge in [-0.05, 0) is 6.07 Å². The van der Waals surface area contributed by atoms with Crippen LogP contribution in [-0.4, -0.2) is 15.2 Å². The van der Waals surface area contributed by atoms with Crippen LogP contribution in [0.1, 0.15) is 5.56 Å². The van der Waals surface area contributed by atoms with E-state index in [1.54, 1.807) is 0 Å². The van der Waals surface area contributed by atoms with Crippen LogP contribution in [0.25, 0.3) is 0 Å². The monoisotopic (exact) mass is 200 g/mol. The van der Waals surface area contributed by atoms with Crippen LogP contribution in [0.2, 0.25) is 0 Å². The highest BCUT2D eigenvalue weighted by atomic mass is 35.5. The molecule has 0 aliphatic rings. The lowest BCUT2D eigenvalue weighted by molar-refractivity contribution is -0.385. The second kappa shape index (κ2) is 3.40. The number of para-hydroxylation sites is 1. The smallest absolute Gasteiger partial charge is 0.311 e. The Bertz CT molecular complexity index is 346. The third kappa shape index (κ3) is 1.75. The zero-order chi connectivity index (χ0) is 10.0. The van der Waals surface area contributed by atoms with Crippen molar-refractivity contribution < 1.29 is 10.0 Å². The van der Waals surface area contributed by atoms with Crippen LogP contribution in [0.15, 0.2) is 18.2 Å². The summed E-state index contributed by atoms with van der Waals surface area (Å²) in [5.41, 5.74) is -0.501. The van der Waals surface area contributed by atoms with Crippen molar-refractivity contribution in [3.63, 3.8) is 0 Å². The lowest BCUT2D eigenvalue weighted by Crippen LogP contribution is -1.94. The maximum absolute atomic E-state index is 10.3. The zero-order valence-corrected chi connectivity index (χ0v) is 7.08. The minimum atomic E-state index is -0.737. The molecule has 68 valence electrons. The van der Waals surface area contributed by atoms with Gasteiger partial charge in [-0.3, -0.25) is 15.5 Å². The Kier molecular flexibility index (Phi) is 2.48. The molecule has 1 rings (SSSR count). The SMILES string of the molecule is N=C(Cl)c1cccc([N+](=O)[O-])c1O. The van der Waals surface area contributed by atoms with Crippen LogP contribution in [0.5, 0.6) is 5.75 Å². The maximum Gasteiger partial charge on any atom is 0.311 e. The first kappa shape index (κ1) is 9.47. The van der Waals surface area contributed by atoms with Gasteiger partial charge in [-0.2, -0.15) is 0 Å². The summed E-state index contributed by atoms with van der Waals surface area (Å²) in [7, 11) is 0. The van der Waals surface area contributed by atoms with Gasteiger partial charge in [0.05, 0.1) is 10.5 Å². The molecule has 5 nitrogen and oxygen atoms in total. The molecule has 0 saturated heterocycles. The molecule has 0 radical (unpaired) electrons. The number of aromatic hydroxyl groups is 1. The highest BCUT2D eigenvalue weighted by Crippen LogP contribution is 2.29. The van der Waals surface area contributed by atoms with E-state index in [-0.39, 0.29) is 5.56 Å². The second-order valence-electron chi connectivity index (χ2n) is 2.24. The molecular weight excluding hydrogens is 196 g/mol. The molecule has 0 aliphatic carbocycles. The highest BCUT2D eigenvalue weighted by molar-refractivity contribution is 6.69. The summed E-state index contributed by atoms with van der Waals surface area (Å²) < 4.78 is 0. The molecule has 0 atom stereocenters. The molecule has 0 bridgehead atoms. The number of nitro benzene ring substituents is 1. The average Bonchev–Trinajstić information content (AvgIpc) is 2.03. The normalized spacial score (nSPS) is 9.62. The summed E-state index contributed by atoms with van der Waals surface area (Å²) in [5, 5.41) is 26.2. The van der Waals surface area contributed by atoms with Crippen LogP contribution in [0.4, 0.5) is 5.69 Å². The van der Waals surface area contributed by atoms with E-state index in [1.807, 2.05) is 0 Å². The van der Waals surface area contributed by atoms with Gasteiger partial charge in [0.15, 0.2) is 0 Å². The topological polar surface area (TPSA) is 87.2 Å². The minimum absolute atomic E-state index is 0.0455. The standard InChI is InChI=1S/C7H5ClN2O3/c8-7(9)4-2-1-3-5(6(4)11)10(12)13/h1-3,9,11H. The summed E-state index contributed by atoms with van der Waals surface area (Å²) >= 11 is 5.29. The summed E-state index contributed by atoms with van der Waals surface area (Å²) in [6, 6.07) is 3.82. The van der Waals surface area contributed by atoms with E-state index in [4.69, 9.17) is 17.0 Å². The first-order valence-electron chi connectivity index (χ1n) is 3.25. The van der Waals surface area contributed by atoms with Crippen molar-refractivity contribution >= 4 is 22.5 Å². The first-order valence-corrected chi connectivity index (χ1v) is 3.62. The van der Waals surface area contributed by atoms with Crippen molar-refractivity contribution in [2.24, 2.45) is 0 Å². The van der Waals surface area contributed by atoms with Crippen LogP contribution in [0.3, 0.4) is 0 Å². The summed E-state index contributed by atoms with van der Waals surface area (Å²) in [6.07, 6.45) is 0. The van der Waals surface area contributed by atoms with E-state index in [1.165, 1.54) is 12.1 Å². The predicted molar refractivity (Wildman–Crippen MR) is 47.4 cm³/mol.